The highest BCUT2D eigenvalue weighted by Gasteiger charge is 2.29. The molecule has 12 aromatic rings. The molecule has 3 saturated heterocycles. The van der Waals surface area contributed by atoms with Crippen LogP contribution in [0.15, 0.2) is 130 Å². The molecule has 0 spiro atoms. The fourth-order valence-electron chi connectivity index (χ4n) is 14.3. The van der Waals surface area contributed by atoms with E-state index in [1.54, 1.807) is 32.6 Å². The van der Waals surface area contributed by atoms with Crippen LogP contribution in [-0.2, 0) is 24.3 Å². The Balaban J connectivity index is 0.000000137. The number of amides is 2. The van der Waals surface area contributed by atoms with Crippen molar-refractivity contribution >= 4 is 38.4 Å². The molecular formula is C72H92N24O5S. The average molecular weight is 1410 g/mol. The largest absolute Gasteiger partial charge is 0.375 e. The zero-order valence-corrected chi connectivity index (χ0v) is 60.5. The summed E-state index contributed by atoms with van der Waals surface area (Å²) in [5.74, 6) is 0.190. The summed E-state index contributed by atoms with van der Waals surface area (Å²) in [7, 11) is -1.60. The molecule has 0 aromatic carbocycles. The molecule has 30 heteroatoms. The highest BCUT2D eigenvalue weighted by Crippen LogP contribution is 2.35. The Hall–Kier alpha value is -10.1. The van der Waals surface area contributed by atoms with Crippen LogP contribution in [0.25, 0.3) is 84.1 Å². The van der Waals surface area contributed by atoms with Crippen molar-refractivity contribution in [2.24, 2.45) is 0 Å². The normalized spacial score (nSPS) is 15.4. The monoisotopic (exact) mass is 1400 g/mol. The van der Waals surface area contributed by atoms with Gasteiger partial charge in [0.2, 0.25) is 21.8 Å². The predicted molar refractivity (Wildman–Crippen MR) is 387 cm³/mol. The van der Waals surface area contributed by atoms with Crippen molar-refractivity contribution < 1.29 is 22.7 Å². The van der Waals surface area contributed by atoms with E-state index in [2.05, 4.69) is 112 Å². The van der Waals surface area contributed by atoms with Gasteiger partial charge in [-0.15, -0.1) is 0 Å². The molecule has 3 fully saturated rings. The molecule has 0 radical (unpaired) electrons. The maximum atomic E-state index is 12.1. The first-order valence-corrected chi connectivity index (χ1v) is 37.7. The quantitative estimate of drug-likeness (QED) is 0.0646. The molecule has 0 atom stereocenters. The number of rotatable bonds is 21. The Morgan fingerprint density at radius 1 is 0.431 bits per heavy atom. The van der Waals surface area contributed by atoms with Gasteiger partial charge >= 0.3 is 0 Å². The number of aromatic nitrogens is 21. The summed E-state index contributed by atoms with van der Waals surface area (Å²) in [5, 5.41) is 41.1. The summed E-state index contributed by atoms with van der Waals surface area (Å²) in [6.45, 7) is 18.9. The van der Waals surface area contributed by atoms with Crippen molar-refractivity contribution in [3.63, 3.8) is 0 Å². The lowest BCUT2D eigenvalue weighted by atomic mass is 10.1. The standard InChI is InChI=1S/C25H32N8O2.C24H30N8O.C23H30N8O2S/c1-4-20(5-2)31-15-19(13-28-31)25-23-6-9-26-33(23)16-22(29-25)18-12-27-32(14-18)21-7-10-30(11-8-21)24(34)17-35-3;1-4-20(5-2)30-15-19(13-27-30)24-23-6-9-25-32(23)16-22(28-24)18-12-26-31(14-18)21-7-10-29(11-8-21)17(3)33;1-4-19(5-2)29-15-18(13-26-29)23-22-6-9-24-31(22)16-21(27-23)17-12-25-30(14-17)20-7-10-28(11-8-20)34(3,32)33/h6,9,12-16,20-21H,4-5,7-8,10-11,17H2,1-3H3;6,9,12-16,20-21H,4-5,7-8,10-11H2,1-3H3;6,9,12-16,19-20H,4-5,7-8,10-11H2,1-3H3. The van der Waals surface area contributed by atoms with Crippen LogP contribution >= 0.6 is 0 Å². The van der Waals surface area contributed by atoms with Crippen LogP contribution < -0.4 is 0 Å². The van der Waals surface area contributed by atoms with E-state index in [0.717, 1.165) is 174 Å². The van der Waals surface area contributed by atoms with Crippen LogP contribution in [0.5, 0.6) is 0 Å². The highest BCUT2D eigenvalue weighted by atomic mass is 32.2. The van der Waals surface area contributed by atoms with Gasteiger partial charge < -0.3 is 14.5 Å². The van der Waals surface area contributed by atoms with Gasteiger partial charge in [-0.2, -0.15) is 45.9 Å². The van der Waals surface area contributed by atoms with Crippen LogP contribution in [0, 0.1) is 0 Å². The molecule has 0 bridgehead atoms. The van der Waals surface area contributed by atoms with Crippen molar-refractivity contribution in [3.05, 3.63) is 130 Å². The highest BCUT2D eigenvalue weighted by molar-refractivity contribution is 7.88. The average Bonchev–Trinajstić information content (AvgIpc) is 1.61. The number of nitrogens with zero attached hydrogens (tertiary/aromatic N) is 24. The van der Waals surface area contributed by atoms with E-state index < -0.39 is 10.0 Å². The molecule has 536 valence electrons. The first kappa shape index (κ1) is 70.4. The summed E-state index contributed by atoms with van der Waals surface area (Å²) in [4.78, 5) is 42.5. The van der Waals surface area contributed by atoms with E-state index >= 15 is 0 Å². The lowest BCUT2D eigenvalue weighted by Crippen LogP contribution is -2.40. The van der Waals surface area contributed by atoms with Crippen molar-refractivity contribution in [1.29, 1.82) is 0 Å². The van der Waals surface area contributed by atoms with Gasteiger partial charge in [-0.05, 0) is 95.2 Å². The van der Waals surface area contributed by atoms with Crippen LogP contribution in [0.4, 0.5) is 0 Å². The number of sulfonamides is 1. The Labute approximate surface area is 593 Å². The maximum Gasteiger partial charge on any atom is 0.248 e. The summed E-state index contributed by atoms with van der Waals surface area (Å²) in [6, 6.07) is 7.75. The zero-order chi connectivity index (χ0) is 71.2. The van der Waals surface area contributed by atoms with Crippen molar-refractivity contribution in [2.75, 3.05) is 59.2 Å². The van der Waals surface area contributed by atoms with Gasteiger partial charge in [0, 0.05) is 124 Å². The van der Waals surface area contributed by atoms with Crippen molar-refractivity contribution in [1.82, 2.24) is 117 Å². The van der Waals surface area contributed by atoms with Gasteiger partial charge in [0.1, 0.15) is 6.61 Å². The summed E-state index contributed by atoms with van der Waals surface area (Å²) in [6.07, 6.45) is 47.2. The van der Waals surface area contributed by atoms with Gasteiger partial charge in [0.05, 0.1) is 168 Å². The number of fused-ring (bicyclic) bond motifs is 3. The number of hydrogen-bond donors (Lipinski definition) is 0. The minimum absolute atomic E-state index is 0.0453. The van der Waals surface area contributed by atoms with Crippen molar-refractivity contribution in [3.8, 4) is 67.5 Å². The first-order valence-electron chi connectivity index (χ1n) is 35.8. The summed E-state index contributed by atoms with van der Waals surface area (Å²) in [5.41, 5.74) is 13.5. The fourth-order valence-corrected chi connectivity index (χ4v) is 15.2. The molecule has 0 unspecified atom stereocenters. The number of piperidine rings is 3. The second kappa shape index (κ2) is 31.0. The summed E-state index contributed by atoms with van der Waals surface area (Å²) >= 11 is 0. The number of hydrogen-bond acceptors (Lipinski definition) is 17. The second-order valence-electron chi connectivity index (χ2n) is 26.7. The molecule has 0 N–H and O–H groups in total. The zero-order valence-electron chi connectivity index (χ0n) is 59.7. The Morgan fingerprint density at radius 3 is 1.05 bits per heavy atom. The molecular weight excluding hydrogens is 1310 g/mol. The third-order valence-corrected chi connectivity index (χ3v) is 21.7. The van der Waals surface area contributed by atoms with Gasteiger partial charge in [-0.3, -0.25) is 37.7 Å². The molecule has 102 heavy (non-hydrogen) atoms. The number of carbonyl (C=O) groups excluding carboxylic acids is 2. The Kier molecular flexibility index (Phi) is 21.4. The molecule has 0 saturated carbocycles. The number of carbonyl (C=O) groups is 2. The smallest absolute Gasteiger partial charge is 0.248 e. The van der Waals surface area contributed by atoms with E-state index in [1.807, 2.05) is 138 Å². The van der Waals surface area contributed by atoms with E-state index in [4.69, 9.17) is 19.7 Å². The molecule has 2 amide bonds. The van der Waals surface area contributed by atoms with E-state index in [9.17, 15) is 18.0 Å². The fraction of sp³-hybridized carbons (Fsp3) is 0.472. The van der Waals surface area contributed by atoms with Gasteiger partial charge in [0.15, 0.2) is 0 Å². The first-order chi connectivity index (χ1) is 49.5. The molecule has 15 rings (SSSR count). The number of likely N-dealkylation sites (tertiary alicyclic amines) is 2. The topological polar surface area (TPSA) is 285 Å². The van der Waals surface area contributed by atoms with E-state index in [0.29, 0.717) is 50.3 Å². The lowest BCUT2D eigenvalue weighted by molar-refractivity contribution is -0.136. The Morgan fingerprint density at radius 2 is 0.745 bits per heavy atom. The minimum Gasteiger partial charge on any atom is -0.375 e. The maximum absolute atomic E-state index is 12.1. The third-order valence-electron chi connectivity index (χ3n) is 20.4. The molecule has 12 aromatic heterocycles. The lowest BCUT2D eigenvalue weighted by Gasteiger charge is -2.32. The molecule has 15 heterocycles. The molecule has 0 aliphatic carbocycles. The minimum atomic E-state index is -3.15. The van der Waals surface area contributed by atoms with E-state index in [1.165, 1.54) is 10.6 Å². The van der Waals surface area contributed by atoms with Gasteiger partial charge in [-0.1, -0.05) is 41.5 Å². The summed E-state index contributed by atoms with van der Waals surface area (Å²) < 4.78 is 47.8. The second-order valence-corrected chi connectivity index (χ2v) is 28.7. The van der Waals surface area contributed by atoms with Crippen molar-refractivity contribution in [2.45, 2.75) is 162 Å². The third kappa shape index (κ3) is 15.1. The van der Waals surface area contributed by atoms with Crippen LogP contribution in [0.3, 0.4) is 0 Å². The number of methoxy groups -OCH3 is 1. The predicted octanol–water partition coefficient (Wildman–Crippen LogP) is 11.0. The van der Waals surface area contributed by atoms with Crippen LogP contribution in [0.2, 0.25) is 0 Å². The van der Waals surface area contributed by atoms with Gasteiger partial charge in [-0.25, -0.2) is 41.2 Å². The molecule has 29 nitrogen and oxygen atoms in total. The SMILES string of the molecule is CCC(CC)n1cc(-c2nc(-c3cnn(C4CCN(C(=O)COC)CC4)c3)cn3nccc23)cn1.CCC(CC)n1cc(-c2nc(-c3cnn(C4CCN(C(C)=O)CC4)c3)cn3nccc23)cn1.CCC(CC)n1cc(-c2nc(-c3cnn(C4CCN(S(C)(=O)=O)CC4)c3)cn3nccc23)cn1. The Bertz CT molecular complexity index is 4910. The number of ether oxygens (including phenoxy) is 1. The van der Waals surface area contributed by atoms with E-state index in [-0.39, 0.29) is 30.5 Å². The van der Waals surface area contributed by atoms with Crippen LogP contribution in [0.1, 0.15) is 162 Å². The molecule has 3 aliphatic rings. The van der Waals surface area contributed by atoms with Crippen LogP contribution in [-0.4, -0.2) is 196 Å². The van der Waals surface area contributed by atoms with Gasteiger partial charge in [0.25, 0.3) is 0 Å². The molecule has 3 aliphatic heterocycles.